The number of hydrogen-bond donors (Lipinski definition) is 2. The van der Waals surface area contributed by atoms with Crippen molar-refractivity contribution in [3.05, 3.63) is 34.3 Å². The average molecular weight is 283 g/mol. The summed E-state index contributed by atoms with van der Waals surface area (Å²) in [4.78, 5) is 12.1. The molecule has 5 heteroatoms. The van der Waals surface area contributed by atoms with E-state index in [1.165, 1.54) is 0 Å². The highest BCUT2D eigenvalue weighted by Gasteiger charge is 2.40. The number of benzene rings is 1. The van der Waals surface area contributed by atoms with Crippen LogP contribution in [0.25, 0.3) is 0 Å². The van der Waals surface area contributed by atoms with E-state index in [9.17, 15) is 4.79 Å². The summed E-state index contributed by atoms with van der Waals surface area (Å²) in [5.74, 6) is -0.160. The lowest BCUT2D eigenvalue weighted by Gasteiger charge is -2.42. The van der Waals surface area contributed by atoms with Gasteiger partial charge in [0.1, 0.15) is 0 Å². The second-order valence-corrected chi connectivity index (χ2v) is 5.26. The maximum Gasteiger partial charge on any atom is 0.251 e. The van der Waals surface area contributed by atoms with Crippen LogP contribution >= 0.6 is 11.6 Å². The summed E-state index contributed by atoms with van der Waals surface area (Å²) in [7, 11) is 0. The normalized spacial score (nSPS) is 25.8. The monoisotopic (exact) mass is 282 g/mol. The summed E-state index contributed by atoms with van der Waals surface area (Å²) >= 11 is 6.02. The molecule has 1 aromatic rings. The van der Waals surface area contributed by atoms with Crippen LogP contribution in [-0.4, -0.2) is 30.7 Å². The van der Waals surface area contributed by atoms with Crippen molar-refractivity contribution in [1.82, 2.24) is 5.32 Å². The molecule has 0 spiro atoms. The summed E-state index contributed by atoms with van der Waals surface area (Å²) in [5, 5.41) is 3.51. The van der Waals surface area contributed by atoms with Crippen molar-refractivity contribution in [3.63, 3.8) is 0 Å². The van der Waals surface area contributed by atoms with Crippen LogP contribution in [0.3, 0.4) is 0 Å². The predicted molar refractivity (Wildman–Crippen MR) is 75.4 cm³/mol. The largest absolute Gasteiger partial charge is 0.376 e. The lowest BCUT2D eigenvalue weighted by molar-refractivity contribution is -0.0300. The molecule has 19 heavy (non-hydrogen) atoms. The van der Waals surface area contributed by atoms with Crippen molar-refractivity contribution < 1.29 is 9.53 Å². The number of carbonyl (C=O) groups is 1. The number of hydrogen-bond acceptors (Lipinski definition) is 3. The molecule has 0 bridgehead atoms. The van der Waals surface area contributed by atoms with E-state index in [1.807, 2.05) is 19.9 Å². The molecule has 1 aliphatic rings. The summed E-state index contributed by atoms with van der Waals surface area (Å²) in [5.41, 5.74) is 7.40. The number of halogens is 1. The lowest BCUT2D eigenvalue weighted by atomic mass is 9.83. The molecule has 3 N–H and O–H groups in total. The average Bonchev–Trinajstić information content (AvgIpc) is 2.38. The van der Waals surface area contributed by atoms with Crippen LogP contribution in [0.2, 0.25) is 5.02 Å². The number of nitrogens with one attached hydrogen (secondary N) is 1. The quantitative estimate of drug-likeness (QED) is 0.886. The maximum atomic E-state index is 12.1. The van der Waals surface area contributed by atoms with E-state index in [0.717, 1.165) is 12.0 Å². The van der Waals surface area contributed by atoms with E-state index >= 15 is 0 Å². The summed E-state index contributed by atoms with van der Waals surface area (Å²) < 4.78 is 5.52. The van der Waals surface area contributed by atoms with Gasteiger partial charge in [0.25, 0.3) is 5.91 Å². The van der Waals surface area contributed by atoms with Crippen LogP contribution in [-0.2, 0) is 4.74 Å². The van der Waals surface area contributed by atoms with Crippen LogP contribution in [0.1, 0.15) is 29.3 Å². The van der Waals surface area contributed by atoms with E-state index in [-0.39, 0.29) is 24.1 Å². The van der Waals surface area contributed by atoms with Gasteiger partial charge in [-0.3, -0.25) is 4.79 Å². The van der Waals surface area contributed by atoms with Crippen LogP contribution in [0, 0.1) is 6.92 Å². The molecule has 1 fully saturated rings. The fourth-order valence-corrected chi connectivity index (χ4v) is 2.38. The van der Waals surface area contributed by atoms with Crippen molar-refractivity contribution in [2.24, 2.45) is 5.73 Å². The highest BCUT2D eigenvalue weighted by molar-refractivity contribution is 6.31. The Morgan fingerprint density at radius 2 is 2.32 bits per heavy atom. The first-order chi connectivity index (χ1) is 9.02. The Morgan fingerprint density at radius 1 is 1.58 bits per heavy atom. The molecule has 0 aromatic heterocycles. The molecule has 0 heterocycles. The molecule has 104 valence electrons. The molecule has 1 aliphatic carbocycles. The second kappa shape index (κ2) is 5.90. The van der Waals surface area contributed by atoms with Crippen molar-refractivity contribution in [3.8, 4) is 0 Å². The minimum Gasteiger partial charge on any atom is -0.376 e. The van der Waals surface area contributed by atoms with Crippen LogP contribution in [0.5, 0.6) is 0 Å². The number of rotatable bonds is 4. The molecular formula is C14H19ClN2O2. The molecule has 1 amide bonds. The fourth-order valence-electron chi connectivity index (χ4n) is 2.20. The SMILES string of the molecule is CCOC1CC(N)C1NC(=O)c1ccc(C)c(Cl)c1. The number of aryl methyl sites for hydroxylation is 1. The Bertz CT molecular complexity index is 477. The van der Waals surface area contributed by atoms with Gasteiger partial charge in [-0.25, -0.2) is 0 Å². The number of ether oxygens (including phenoxy) is 1. The van der Waals surface area contributed by atoms with E-state index in [4.69, 9.17) is 22.1 Å². The minimum absolute atomic E-state index is 0.0184. The maximum absolute atomic E-state index is 12.1. The van der Waals surface area contributed by atoms with Crippen molar-refractivity contribution in [1.29, 1.82) is 0 Å². The fraction of sp³-hybridized carbons (Fsp3) is 0.500. The number of amides is 1. The zero-order valence-corrected chi connectivity index (χ0v) is 11.9. The Hall–Kier alpha value is -1.10. The predicted octanol–water partition coefficient (Wildman–Crippen LogP) is 1.88. The first kappa shape index (κ1) is 14.3. The number of nitrogens with two attached hydrogens (primary N) is 1. The molecule has 0 aliphatic heterocycles. The standard InChI is InChI=1S/C14H19ClN2O2/c1-3-19-12-7-11(16)13(12)17-14(18)9-5-4-8(2)10(15)6-9/h4-6,11-13H,3,7,16H2,1-2H3,(H,17,18). The van der Waals surface area contributed by atoms with E-state index in [2.05, 4.69) is 5.32 Å². The smallest absolute Gasteiger partial charge is 0.251 e. The Labute approximate surface area is 118 Å². The van der Waals surface area contributed by atoms with Crippen molar-refractivity contribution >= 4 is 17.5 Å². The van der Waals surface area contributed by atoms with Gasteiger partial charge in [0, 0.05) is 23.2 Å². The summed E-state index contributed by atoms with van der Waals surface area (Å²) in [6.07, 6.45) is 0.804. The molecule has 3 unspecified atom stereocenters. The molecule has 0 radical (unpaired) electrons. The summed E-state index contributed by atoms with van der Waals surface area (Å²) in [6.45, 7) is 4.46. The Morgan fingerprint density at radius 3 is 2.89 bits per heavy atom. The first-order valence-electron chi connectivity index (χ1n) is 6.47. The van der Waals surface area contributed by atoms with Gasteiger partial charge in [0.05, 0.1) is 12.1 Å². The molecule has 3 atom stereocenters. The zero-order valence-electron chi connectivity index (χ0n) is 11.2. The van der Waals surface area contributed by atoms with Gasteiger partial charge < -0.3 is 15.8 Å². The summed E-state index contributed by atoms with van der Waals surface area (Å²) in [6, 6.07) is 5.11. The van der Waals surface area contributed by atoms with E-state index in [0.29, 0.717) is 17.2 Å². The van der Waals surface area contributed by atoms with Crippen molar-refractivity contribution in [2.75, 3.05) is 6.61 Å². The van der Waals surface area contributed by atoms with Crippen LogP contribution in [0.15, 0.2) is 18.2 Å². The van der Waals surface area contributed by atoms with Gasteiger partial charge in [0.15, 0.2) is 0 Å². The molecule has 4 nitrogen and oxygen atoms in total. The Balaban J connectivity index is 2.02. The molecule has 0 saturated heterocycles. The van der Waals surface area contributed by atoms with Gasteiger partial charge in [-0.05, 0) is 38.0 Å². The zero-order chi connectivity index (χ0) is 14.0. The molecule has 2 rings (SSSR count). The van der Waals surface area contributed by atoms with E-state index in [1.54, 1.807) is 12.1 Å². The first-order valence-corrected chi connectivity index (χ1v) is 6.85. The van der Waals surface area contributed by atoms with Crippen LogP contribution in [0.4, 0.5) is 0 Å². The van der Waals surface area contributed by atoms with E-state index < -0.39 is 0 Å². The van der Waals surface area contributed by atoms with Crippen molar-refractivity contribution in [2.45, 2.75) is 38.5 Å². The minimum atomic E-state index is -0.160. The third kappa shape index (κ3) is 3.08. The molecule has 1 saturated carbocycles. The Kier molecular flexibility index (Phi) is 4.45. The third-order valence-electron chi connectivity index (χ3n) is 3.48. The van der Waals surface area contributed by atoms with Gasteiger partial charge in [-0.1, -0.05) is 17.7 Å². The second-order valence-electron chi connectivity index (χ2n) is 4.86. The van der Waals surface area contributed by atoms with Crippen LogP contribution < -0.4 is 11.1 Å². The van der Waals surface area contributed by atoms with Gasteiger partial charge in [0.2, 0.25) is 0 Å². The van der Waals surface area contributed by atoms with Gasteiger partial charge >= 0.3 is 0 Å². The molecular weight excluding hydrogens is 264 g/mol. The van der Waals surface area contributed by atoms with Gasteiger partial charge in [-0.2, -0.15) is 0 Å². The third-order valence-corrected chi connectivity index (χ3v) is 3.89. The molecule has 1 aromatic carbocycles. The highest BCUT2D eigenvalue weighted by atomic mass is 35.5. The number of carbonyl (C=O) groups excluding carboxylic acids is 1. The van der Waals surface area contributed by atoms with Gasteiger partial charge in [-0.15, -0.1) is 0 Å². The topological polar surface area (TPSA) is 64.3 Å². The highest BCUT2D eigenvalue weighted by Crippen LogP contribution is 2.23. The lowest BCUT2D eigenvalue weighted by Crippen LogP contribution is -2.64.